The van der Waals surface area contributed by atoms with Crippen LogP contribution in [0.25, 0.3) is 0 Å². The SMILES string of the molecule is Nc1ncc(Cl)c(Sc2ccc([N+](=O)[O-])cc2)n1. The average molecular weight is 283 g/mol. The van der Waals surface area contributed by atoms with Gasteiger partial charge in [0.15, 0.2) is 0 Å². The molecule has 1 heterocycles. The van der Waals surface area contributed by atoms with Crippen LogP contribution in [0.3, 0.4) is 0 Å². The number of nitrogen functional groups attached to an aromatic ring is 1. The number of aromatic nitrogens is 2. The van der Waals surface area contributed by atoms with Gasteiger partial charge in [-0.05, 0) is 12.1 Å². The zero-order chi connectivity index (χ0) is 13.1. The summed E-state index contributed by atoms with van der Waals surface area (Å²) in [4.78, 5) is 18.6. The number of hydrogen-bond acceptors (Lipinski definition) is 6. The Morgan fingerprint density at radius 1 is 1.33 bits per heavy atom. The molecule has 0 amide bonds. The first-order chi connectivity index (χ1) is 8.56. The van der Waals surface area contributed by atoms with E-state index in [-0.39, 0.29) is 11.6 Å². The van der Waals surface area contributed by atoms with E-state index >= 15 is 0 Å². The van der Waals surface area contributed by atoms with Gasteiger partial charge in [-0.3, -0.25) is 10.1 Å². The number of nitro benzene ring substituents is 1. The summed E-state index contributed by atoms with van der Waals surface area (Å²) < 4.78 is 0. The number of rotatable bonds is 3. The molecule has 1 aromatic heterocycles. The van der Waals surface area contributed by atoms with E-state index in [9.17, 15) is 10.1 Å². The number of benzene rings is 1. The van der Waals surface area contributed by atoms with Gasteiger partial charge in [0.1, 0.15) is 5.03 Å². The molecule has 0 unspecified atom stereocenters. The molecule has 2 rings (SSSR count). The monoisotopic (exact) mass is 282 g/mol. The molecule has 0 atom stereocenters. The molecule has 6 nitrogen and oxygen atoms in total. The van der Waals surface area contributed by atoms with Crippen molar-refractivity contribution in [3.05, 3.63) is 45.6 Å². The van der Waals surface area contributed by atoms with Gasteiger partial charge < -0.3 is 5.73 Å². The molecule has 1 aromatic carbocycles. The lowest BCUT2D eigenvalue weighted by Crippen LogP contribution is -1.95. The van der Waals surface area contributed by atoms with Crippen LogP contribution in [0.4, 0.5) is 11.6 Å². The minimum absolute atomic E-state index is 0.0349. The van der Waals surface area contributed by atoms with Crippen LogP contribution in [0.5, 0.6) is 0 Å². The molecule has 0 aliphatic carbocycles. The minimum atomic E-state index is -0.454. The van der Waals surface area contributed by atoms with Crippen molar-refractivity contribution in [1.82, 2.24) is 9.97 Å². The van der Waals surface area contributed by atoms with Crippen LogP contribution in [0.2, 0.25) is 5.02 Å². The largest absolute Gasteiger partial charge is 0.368 e. The second kappa shape index (κ2) is 5.19. The van der Waals surface area contributed by atoms with E-state index in [1.165, 1.54) is 30.1 Å². The minimum Gasteiger partial charge on any atom is -0.368 e. The van der Waals surface area contributed by atoms with E-state index in [2.05, 4.69) is 9.97 Å². The van der Waals surface area contributed by atoms with Crippen molar-refractivity contribution in [2.24, 2.45) is 0 Å². The first kappa shape index (κ1) is 12.6. The van der Waals surface area contributed by atoms with E-state index in [1.807, 2.05) is 0 Å². The lowest BCUT2D eigenvalue weighted by Gasteiger charge is -2.03. The molecule has 8 heteroatoms. The molecule has 2 aromatic rings. The smallest absolute Gasteiger partial charge is 0.269 e. The highest BCUT2D eigenvalue weighted by molar-refractivity contribution is 7.99. The number of anilines is 1. The Hall–Kier alpha value is -1.86. The van der Waals surface area contributed by atoms with E-state index in [0.29, 0.717) is 10.0 Å². The summed E-state index contributed by atoms with van der Waals surface area (Å²) in [6.45, 7) is 0. The Labute approximate surface area is 111 Å². The quantitative estimate of drug-likeness (QED) is 0.528. The van der Waals surface area contributed by atoms with Crippen molar-refractivity contribution in [2.75, 3.05) is 5.73 Å². The summed E-state index contributed by atoms with van der Waals surface area (Å²) in [5.74, 6) is 0.129. The highest BCUT2D eigenvalue weighted by Gasteiger charge is 2.08. The Bertz CT molecular complexity index is 591. The van der Waals surface area contributed by atoms with Crippen molar-refractivity contribution in [1.29, 1.82) is 0 Å². The molecule has 18 heavy (non-hydrogen) atoms. The van der Waals surface area contributed by atoms with Crippen molar-refractivity contribution >= 4 is 35.0 Å². The molecule has 0 aliphatic heterocycles. The molecular weight excluding hydrogens is 276 g/mol. The van der Waals surface area contributed by atoms with Crippen LogP contribution in [0.15, 0.2) is 40.4 Å². The third-order valence-electron chi connectivity index (χ3n) is 1.99. The fourth-order valence-corrected chi connectivity index (χ4v) is 2.18. The van der Waals surface area contributed by atoms with Crippen LogP contribution in [0, 0.1) is 10.1 Å². The number of nitrogens with two attached hydrogens (primary N) is 1. The Morgan fingerprint density at radius 2 is 2.00 bits per heavy atom. The standard InChI is InChI=1S/C10H7ClN4O2S/c11-8-5-13-10(12)14-9(8)18-7-3-1-6(2-4-7)15(16)17/h1-5H,(H2,12,13,14). The van der Waals surface area contributed by atoms with Crippen LogP contribution < -0.4 is 5.73 Å². The molecule has 0 saturated heterocycles. The predicted molar refractivity (Wildman–Crippen MR) is 68.7 cm³/mol. The molecule has 0 aliphatic rings. The van der Waals surface area contributed by atoms with Gasteiger partial charge in [0.25, 0.3) is 5.69 Å². The fourth-order valence-electron chi connectivity index (χ4n) is 1.18. The van der Waals surface area contributed by atoms with Crippen molar-refractivity contribution in [3.8, 4) is 0 Å². The van der Waals surface area contributed by atoms with E-state index < -0.39 is 4.92 Å². The van der Waals surface area contributed by atoms with Gasteiger partial charge in [0.05, 0.1) is 16.1 Å². The molecule has 0 radical (unpaired) electrons. The summed E-state index contributed by atoms with van der Waals surface area (Å²) in [6.07, 6.45) is 1.41. The highest BCUT2D eigenvalue weighted by atomic mass is 35.5. The zero-order valence-electron chi connectivity index (χ0n) is 8.91. The summed E-state index contributed by atoms with van der Waals surface area (Å²) in [6, 6.07) is 6.08. The number of nitrogens with zero attached hydrogens (tertiary/aromatic N) is 3. The van der Waals surface area contributed by atoms with Crippen LogP contribution in [-0.4, -0.2) is 14.9 Å². The van der Waals surface area contributed by atoms with Gasteiger partial charge in [-0.15, -0.1) is 0 Å². The van der Waals surface area contributed by atoms with Gasteiger partial charge in [0, 0.05) is 17.0 Å². The van der Waals surface area contributed by atoms with Crippen LogP contribution in [0.1, 0.15) is 0 Å². The predicted octanol–water partition coefficient (Wildman–Crippen LogP) is 2.77. The van der Waals surface area contributed by atoms with Crippen LogP contribution in [-0.2, 0) is 0 Å². The summed E-state index contributed by atoms with van der Waals surface area (Å²) in [7, 11) is 0. The van der Waals surface area contributed by atoms with Crippen molar-refractivity contribution in [3.63, 3.8) is 0 Å². The van der Waals surface area contributed by atoms with Gasteiger partial charge in [-0.25, -0.2) is 9.97 Å². The third kappa shape index (κ3) is 2.88. The van der Waals surface area contributed by atoms with E-state index in [0.717, 1.165) is 4.90 Å². The normalized spacial score (nSPS) is 10.3. The molecule has 0 saturated carbocycles. The fraction of sp³-hybridized carbons (Fsp3) is 0. The molecule has 0 bridgehead atoms. The Morgan fingerprint density at radius 3 is 2.61 bits per heavy atom. The van der Waals surface area contributed by atoms with E-state index in [1.54, 1.807) is 12.1 Å². The van der Waals surface area contributed by atoms with E-state index in [4.69, 9.17) is 17.3 Å². The molecule has 0 fully saturated rings. The number of hydrogen-bond donors (Lipinski definition) is 1. The summed E-state index contributed by atoms with van der Waals surface area (Å²) >= 11 is 7.18. The van der Waals surface area contributed by atoms with Gasteiger partial charge in [-0.2, -0.15) is 0 Å². The van der Waals surface area contributed by atoms with Crippen molar-refractivity contribution < 1.29 is 4.92 Å². The lowest BCUT2D eigenvalue weighted by molar-refractivity contribution is -0.384. The first-order valence-corrected chi connectivity index (χ1v) is 5.96. The summed E-state index contributed by atoms with van der Waals surface area (Å²) in [5, 5.41) is 11.4. The Kier molecular flexibility index (Phi) is 3.63. The number of non-ortho nitro benzene ring substituents is 1. The first-order valence-electron chi connectivity index (χ1n) is 4.76. The average Bonchev–Trinajstić information content (AvgIpc) is 2.34. The second-order valence-corrected chi connectivity index (χ2v) is 4.70. The third-order valence-corrected chi connectivity index (χ3v) is 3.39. The van der Waals surface area contributed by atoms with Gasteiger partial charge in [-0.1, -0.05) is 23.4 Å². The summed E-state index contributed by atoms with van der Waals surface area (Å²) in [5.41, 5.74) is 5.50. The zero-order valence-corrected chi connectivity index (χ0v) is 10.5. The number of nitro groups is 1. The van der Waals surface area contributed by atoms with Gasteiger partial charge >= 0.3 is 0 Å². The van der Waals surface area contributed by atoms with Crippen molar-refractivity contribution in [2.45, 2.75) is 9.92 Å². The number of halogens is 1. The maximum absolute atomic E-state index is 10.5. The highest BCUT2D eigenvalue weighted by Crippen LogP contribution is 2.32. The topological polar surface area (TPSA) is 94.9 Å². The maximum atomic E-state index is 10.5. The molecule has 92 valence electrons. The van der Waals surface area contributed by atoms with Gasteiger partial charge in [0.2, 0.25) is 5.95 Å². The molecule has 0 spiro atoms. The molecule has 2 N–H and O–H groups in total. The maximum Gasteiger partial charge on any atom is 0.269 e. The molecular formula is C10H7ClN4O2S. The second-order valence-electron chi connectivity index (χ2n) is 3.23. The lowest BCUT2D eigenvalue weighted by atomic mass is 10.3. The Balaban J connectivity index is 2.23. The van der Waals surface area contributed by atoms with Crippen LogP contribution >= 0.6 is 23.4 Å².